The van der Waals surface area contributed by atoms with Crippen LogP contribution in [0, 0.1) is 0 Å². The number of benzene rings is 1. The number of aryl methyl sites for hydroxylation is 1. The molecule has 80 valence electrons. The molecular weight excluding hydrogens is 206 g/mol. The molecule has 5 nitrogen and oxygen atoms in total. The molecule has 0 fully saturated rings. The van der Waals surface area contributed by atoms with Crippen LogP contribution in [0.5, 0.6) is 0 Å². The number of aromatic nitrogens is 3. The van der Waals surface area contributed by atoms with E-state index in [2.05, 4.69) is 4.98 Å². The molecule has 16 heavy (non-hydrogen) atoms. The maximum Gasteiger partial charge on any atom is 0.354 e. The van der Waals surface area contributed by atoms with E-state index in [-0.39, 0.29) is 5.69 Å². The molecule has 1 aromatic carbocycles. The Morgan fingerprint density at radius 1 is 1.31 bits per heavy atom. The number of rotatable bonds is 1. The van der Waals surface area contributed by atoms with Crippen molar-refractivity contribution in [1.29, 1.82) is 0 Å². The molecular formula is C11H9N3O2. The van der Waals surface area contributed by atoms with Crippen LogP contribution in [-0.4, -0.2) is 25.0 Å². The molecule has 0 saturated carbocycles. The lowest BCUT2D eigenvalue weighted by Gasteiger charge is -1.93. The number of imidazole rings is 2. The molecule has 0 aliphatic heterocycles. The second-order valence-corrected chi connectivity index (χ2v) is 3.63. The van der Waals surface area contributed by atoms with Gasteiger partial charge in [0.25, 0.3) is 0 Å². The zero-order valence-electron chi connectivity index (χ0n) is 8.58. The first kappa shape index (κ1) is 8.96. The van der Waals surface area contributed by atoms with Gasteiger partial charge in [-0.2, -0.15) is 0 Å². The van der Waals surface area contributed by atoms with E-state index < -0.39 is 5.97 Å². The van der Waals surface area contributed by atoms with Crippen LogP contribution in [0.1, 0.15) is 10.5 Å². The Morgan fingerprint density at radius 2 is 2.00 bits per heavy atom. The average Bonchev–Trinajstić information content (AvgIpc) is 2.81. The molecule has 0 amide bonds. The lowest BCUT2D eigenvalue weighted by atomic mass is 10.3. The summed E-state index contributed by atoms with van der Waals surface area (Å²) < 4.78 is 3.53. The van der Waals surface area contributed by atoms with E-state index >= 15 is 0 Å². The number of fused-ring (bicyclic) bond motifs is 3. The van der Waals surface area contributed by atoms with Crippen molar-refractivity contribution in [2.24, 2.45) is 7.05 Å². The Labute approximate surface area is 90.6 Å². The summed E-state index contributed by atoms with van der Waals surface area (Å²) >= 11 is 0. The van der Waals surface area contributed by atoms with Crippen molar-refractivity contribution in [2.45, 2.75) is 0 Å². The number of hydrogen-bond acceptors (Lipinski definition) is 2. The lowest BCUT2D eigenvalue weighted by Crippen LogP contribution is -2.00. The fraction of sp³-hybridized carbons (Fsp3) is 0.0909. The summed E-state index contributed by atoms with van der Waals surface area (Å²) in [7, 11) is 1.87. The minimum absolute atomic E-state index is 0.187. The first-order valence-electron chi connectivity index (χ1n) is 4.84. The molecule has 0 radical (unpaired) electrons. The van der Waals surface area contributed by atoms with Crippen molar-refractivity contribution in [3.05, 3.63) is 36.2 Å². The minimum Gasteiger partial charge on any atom is -0.477 e. The molecule has 2 heterocycles. The number of aromatic carboxylic acids is 1. The second-order valence-electron chi connectivity index (χ2n) is 3.63. The van der Waals surface area contributed by atoms with E-state index in [1.54, 1.807) is 4.40 Å². The van der Waals surface area contributed by atoms with Gasteiger partial charge in [0.1, 0.15) is 0 Å². The molecule has 0 atom stereocenters. The van der Waals surface area contributed by atoms with Gasteiger partial charge in [-0.3, -0.25) is 4.40 Å². The van der Waals surface area contributed by atoms with Gasteiger partial charge in [0, 0.05) is 7.05 Å². The normalized spacial score (nSPS) is 11.3. The van der Waals surface area contributed by atoms with Gasteiger partial charge in [-0.15, -0.1) is 0 Å². The number of carbonyl (C=O) groups is 1. The van der Waals surface area contributed by atoms with Crippen LogP contribution in [0.4, 0.5) is 0 Å². The highest BCUT2D eigenvalue weighted by atomic mass is 16.4. The predicted octanol–water partition coefficient (Wildman–Crippen LogP) is 1.52. The fourth-order valence-electron chi connectivity index (χ4n) is 2.01. The van der Waals surface area contributed by atoms with Gasteiger partial charge < -0.3 is 9.67 Å². The SMILES string of the molecule is Cn1c2ccccc2n2c(C(=O)O)cnc12. The van der Waals surface area contributed by atoms with E-state index in [0.717, 1.165) is 11.0 Å². The molecule has 0 aliphatic rings. The van der Waals surface area contributed by atoms with E-state index in [1.165, 1.54) is 6.20 Å². The van der Waals surface area contributed by atoms with Gasteiger partial charge in [-0.05, 0) is 12.1 Å². The summed E-state index contributed by atoms with van der Waals surface area (Å²) in [5.41, 5.74) is 2.01. The number of carboxylic acid groups (broad SMARTS) is 1. The predicted molar refractivity (Wildman–Crippen MR) is 58.6 cm³/mol. The first-order valence-corrected chi connectivity index (χ1v) is 4.84. The number of para-hydroxylation sites is 2. The molecule has 0 saturated heterocycles. The van der Waals surface area contributed by atoms with Crippen LogP contribution in [0.2, 0.25) is 0 Å². The Bertz CT molecular complexity index is 708. The molecule has 2 aromatic heterocycles. The third-order valence-electron chi connectivity index (χ3n) is 2.75. The first-order chi connectivity index (χ1) is 7.70. The Balaban J connectivity index is 2.60. The summed E-state index contributed by atoms with van der Waals surface area (Å²) in [6.45, 7) is 0. The third-order valence-corrected chi connectivity index (χ3v) is 2.75. The van der Waals surface area contributed by atoms with Crippen molar-refractivity contribution < 1.29 is 9.90 Å². The summed E-state index contributed by atoms with van der Waals surface area (Å²) in [6, 6.07) is 7.63. The number of hydrogen-bond donors (Lipinski definition) is 1. The van der Waals surface area contributed by atoms with Gasteiger partial charge in [0.2, 0.25) is 5.78 Å². The van der Waals surface area contributed by atoms with Crippen LogP contribution >= 0.6 is 0 Å². The zero-order chi connectivity index (χ0) is 11.3. The Kier molecular flexibility index (Phi) is 1.60. The van der Waals surface area contributed by atoms with Crippen molar-refractivity contribution in [3.63, 3.8) is 0 Å². The summed E-state index contributed by atoms with van der Waals surface area (Å²) in [4.78, 5) is 15.2. The smallest absolute Gasteiger partial charge is 0.354 e. The average molecular weight is 215 g/mol. The van der Waals surface area contributed by atoms with E-state index in [9.17, 15) is 4.79 Å². The van der Waals surface area contributed by atoms with Crippen LogP contribution in [-0.2, 0) is 7.05 Å². The quantitative estimate of drug-likeness (QED) is 0.669. The van der Waals surface area contributed by atoms with Crippen LogP contribution in [0.15, 0.2) is 30.5 Å². The number of carboxylic acids is 1. The molecule has 0 spiro atoms. The number of nitrogens with zero attached hydrogens (tertiary/aromatic N) is 3. The monoisotopic (exact) mass is 215 g/mol. The standard InChI is InChI=1S/C11H9N3O2/c1-13-7-4-2-3-5-8(7)14-9(10(15)16)6-12-11(13)14/h2-6H,1H3,(H,15,16). The van der Waals surface area contributed by atoms with Gasteiger partial charge in [-0.25, -0.2) is 9.78 Å². The van der Waals surface area contributed by atoms with Crippen LogP contribution in [0.25, 0.3) is 16.8 Å². The summed E-state index contributed by atoms with van der Waals surface area (Å²) in [5, 5.41) is 9.07. The second kappa shape index (κ2) is 2.85. The Morgan fingerprint density at radius 3 is 2.69 bits per heavy atom. The molecule has 0 bridgehead atoms. The summed E-state index contributed by atoms with van der Waals surface area (Å²) in [6.07, 6.45) is 1.38. The van der Waals surface area contributed by atoms with Crippen LogP contribution in [0.3, 0.4) is 0 Å². The summed E-state index contributed by atoms with van der Waals surface area (Å²) in [5.74, 6) is -0.331. The molecule has 3 rings (SSSR count). The van der Waals surface area contributed by atoms with Crippen molar-refractivity contribution in [1.82, 2.24) is 14.0 Å². The lowest BCUT2D eigenvalue weighted by molar-refractivity contribution is 0.0690. The van der Waals surface area contributed by atoms with E-state index in [4.69, 9.17) is 5.11 Å². The molecule has 1 N–H and O–H groups in total. The van der Waals surface area contributed by atoms with Crippen molar-refractivity contribution in [2.75, 3.05) is 0 Å². The van der Waals surface area contributed by atoms with Gasteiger partial charge in [0.15, 0.2) is 5.69 Å². The molecule has 0 aliphatic carbocycles. The molecule has 0 unspecified atom stereocenters. The minimum atomic E-state index is -0.969. The maximum atomic E-state index is 11.1. The molecule has 3 aromatic rings. The third kappa shape index (κ3) is 0.942. The fourth-order valence-corrected chi connectivity index (χ4v) is 2.01. The van der Waals surface area contributed by atoms with Gasteiger partial charge in [0.05, 0.1) is 17.2 Å². The van der Waals surface area contributed by atoms with Crippen LogP contribution < -0.4 is 0 Å². The van der Waals surface area contributed by atoms with Crippen molar-refractivity contribution in [3.8, 4) is 0 Å². The van der Waals surface area contributed by atoms with Crippen molar-refractivity contribution >= 4 is 22.8 Å². The highest BCUT2D eigenvalue weighted by Crippen LogP contribution is 2.20. The zero-order valence-corrected chi connectivity index (χ0v) is 8.58. The van der Waals surface area contributed by atoms with E-state index in [1.807, 2.05) is 35.9 Å². The van der Waals surface area contributed by atoms with Gasteiger partial charge in [-0.1, -0.05) is 12.1 Å². The highest BCUT2D eigenvalue weighted by molar-refractivity contribution is 5.91. The maximum absolute atomic E-state index is 11.1. The largest absolute Gasteiger partial charge is 0.477 e. The van der Waals surface area contributed by atoms with Gasteiger partial charge >= 0.3 is 5.97 Å². The molecule has 5 heteroatoms. The Hall–Kier alpha value is -2.30. The topological polar surface area (TPSA) is 59.5 Å². The van der Waals surface area contributed by atoms with E-state index in [0.29, 0.717) is 5.78 Å². The highest BCUT2D eigenvalue weighted by Gasteiger charge is 2.16.